The van der Waals surface area contributed by atoms with Crippen molar-refractivity contribution in [1.82, 2.24) is 5.32 Å². The molecule has 1 aromatic carbocycles. The molecule has 0 atom stereocenters. The van der Waals surface area contributed by atoms with Crippen LogP contribution in [0.2, 0.25) is 0 Å². The first kappa shape index (κ1) is 17.8. The van der Waals surface area contributed by atoms with Gasteiger partial charge < -0.3 is 10.1 Å². The fourth-order valence-corrected chi connectivity index (χ4v) is 1.53. The van der Waals surface area contributed by atoms with Gasteiger partial charge in [0.1, 0.15) is 12.4 Å². The number of benzene rings is 1. The summed E-state index contributed by atoms with van der Waals surface area (Å²) in [6.45, 7) is 2.44. The van der Waals surface area contributed by atoms with Crippen molar-refractivity contribution in [1.29, 1.82) is 0 Å². The molecular weight excluding hydrogens is 293 g/mol. The first-order valence-corrected chi connectivity index (χ1v) is 6.47. The second-order valence-corrected chi connectivity index (χ2v) is 5.02. The van der Waals surface area contributed by atoms with Gasteiger partial charge in [-0.25, -0.2) is 13.2 Å². The monoisotopic (exact) mass is 311 g/mol. The van der Waals surface area contributed by atoms with Gasteiger partial charge in [-0.3, -0.25) is 0 Å². The topological polar surface area (TPSA) is 21.3 Å². The Hall–Kier alpha value is -1.21. The van der Waals surface area contributed by atoms with Gasteiger partial charge in [0.05, 0.1) is 6.61 Å². The molecule has 0 saturated heterocycles. The maximum absolute atomic E-state index is 13.5. The Morgan fingerprint density at radius 2 is 1.90 bits per heavy atom. The van der Waals surface area contributed by atoms with E-state index in [-0.39, 0.29) is 11.6 Å². The first-order valence-electron chi connectivity index (χ1n) is 6.47. The van der Waals surface area contributed by atoms with Gasteiger partial charge in [-0.05, 0) is 17.7 Å². The van der Waals surface area contributed by atoms with Crippen LogP contribution >= 0.6 is 0 Å². The molecule has 0 aliphatic carbocycles. The summed E-state index contributed by atoms with van der Waals surface area (Å²) in [5, 5.41) is 3.12. The highest BCUT2D eigenvalue weighted by atomic mass is 19.3. The van der Waals surface area contributed by atoms with Gasteiger partial charge in [-0.1, -0.05) is 19.9 Å². The van der Waals surface area contributed by atoms with Crippen molar-refractivity contribution in [3.8, 4) is 0 Å². The van der Waals surface area contributed by atoms with E-state index in [9.17, 15) is 22.0 Å². The normalized spacial score (nSPS) is 12.4. The summed E-state index contributed by atoms with van der Waals surface area (Å²) < 4.78 is 67.2. The lowest BCUT2D eigenvalue weighted by Crippen LogP contribution is -2.32. The quantitative estimate of drug-likeness (QED) is 0.739. The Kier molecular flexibility index (Phi) is 6.54. The van der Waals surface area contributed by atoms with Gasteiger partial charge >= 0.3 is 12.3 Å². The third kappa shape index (κ3) is 5.97. The van der Waals surface area contributed by atoms with Crippen molar-refractivity contribution in [3.05, 3.63) is 35.1 Å². The van der Waals surface area contributed by atoms with Crippen molar-refractivity contribution in [2.24, 2.45) is 0 Å². The van der Waals surface area contributed by atoms with Crippen LogP contribution in [0.25, 0.3) is 0 Å². The smallest absolute Gasteiger partial charge is 0.330 e. The van der Waals surface area contributed by atoms with Crippen molar-refractivity contribution in [3.63, 3.8) is 0 Å². The van der Waals surface area contributed by atoms with E-state index in [0.717, 1.165) is 5.56 Å². The van der Waals surface area contributed by atoms with E-state index in [2.05, 4.69) is 10.1 Å². The van der Waals surface area contributed by atoms with Crippen LogP contribution in [0.15, 0.2) is 18.2 Å². The number of hydrogen-bond acceptors (Lipinski definition) is 2. The molecule has 7 heteroatoms. The summed E-state index contributed by atoms with van der Waals surface area (Å²) in [5.41, 5.74) is 0.812. The number of rotatable bonds is 8. The van der Waals surface area contributed by atoms with Crippen LogP contribution in [0.5, 0.6) is 0 Å². The van der Waals surface area contributed by atoms with E-state index in [4.69, 9.17) is 0 Å². The highest BCUT2D eigenvalue weighted by Crippen LogP contribution is 2.23. The first-order chi connectivity index (χ1) is 9.72. The van der Waals surface area contributed by atoms with Crippen molar-refractivity contribution >= 4 is 0 Å². The summed E-state index contributed by atoms with van der Waals surface area (Å²) in [6.07, 6.45) is -3.80. The van der Waals surface area contributed by atoms with Crippen LogP contribution in [0.3, 0.4) is 0 Å². The molecule has 0 amide bonds. The van der Waals surface area contributed by atoms with Gasteiger partial charge in [0.25, 0.3) is 0 Å². The summed E-state index contributed by atoms with van der Waals surface area (Å²) in [7, 11) is 0. The van der Waals surface area contributed by atoms with Crippen LogP contribution < -0.4 is 5.32 Å². The fourth-order valence-electron chi connectivity index (χ4n) is 1.53. The molecule has 120 valence electrons. The zero-order valence-electron chi connectivity index (χ0n) is 11.8. The number of alkyl halides is 4. The molecule has 0 aliphatic rings. The van der Waals surface area contributed by atoms with E-state index in [0.29, 0.717) is 6.54 Å². The second kappa shape index (κ2) is 7.70. The molecular formula is C14H18F5NO. The van der Waals surface area contributed by atoms with Crippen molar-refractivity contribution in [2.75, 3.05) is 6.61 Å². The molecule has 0 spiro atoms. The lowest BCUT2D eigenvalue weighted by molar-refractivity contribution is -0.168. The molecule has 21 heavy (non-hydrogen) atoms. The average Bonchev–Trinajstić information content (AvgIpc) is 2.38. The molecule has 0 heterocycles. The van der Waals surface area contributed by atoms with Gasteiger partial charge in [0.2, 0.25) is 0 Å². The molecule has 2 nitrogen and oxygen atoms in total. The van der Waals surface area contributed by atoms with Crippen LogP contribution in [-0.4, -0.2) is 25.0 Å². The van der Waals surface area contributed by atoms with Crippen LogP contribution in [0, 0.1) is 5.82 Å². The minimum atomic E-state index is -4.23. The van der Waals surface area contributed by atoms with Crippen molar-refractivity contribution < 1.29 is 26.7 Å². The number of hydrogen-bond donors (Lipinski definition) is 1. The number of halogens is 5. The largest absolute Gasteiger partial charge is 0.370 e. The third-order valence-electron chi connectivity index (χ3n) is 2.70. The van der Waals surface area contributed by atoms with Crippen LogP contribution in [0.4, 0.5) is 22.0 Å². The van der Waals surface area contributed by atoms with E-state index >= 15 is 0 Å². The number of nitrogens with one attached hydrogen (secondary N) is 1. The molecule has 0 unspecified atom stereocenters. The Bertz CT molecular complexity index is 451. The molecule has 0 fully saturated rings. The molecule has 1 aromatic rings. The van der Waals surface area contributed by atoms with Gasteiger partial charge in [0.15, 0.2) is 0 Å². The summed E-state index contributed by atoms with van der Waals surface area (Å²) in [4.78, 5) is 0. The predicted molar refractivity (Wildman–Crippen MR) is 69.0 cm³/mol. The third-order valence-corrected chi connectivity index (χ3v) is 2.70. The van der Waals surface area contributed by atoms with Crippen molar-refractivity contribution in [2.45, 2.75) is 45.4 Å². The zero-order valence-corrected chi connectivity index (χ0v) is 11.8. The lowest BCUT2D eigenvalue weighted by Gasteiger charge is -2.15. The highest BCUT2D eigenvalue weighted by Gasteiger charge is 2.40. The van der Waals surface area contributed by atoms with Gasteiger partial charge in [-0.2, -0.15) is 8.78 Å². The Morgan fingerprint density at radius 1 is 1.24 bits per heavy atom. The van der Waals surface area contributed by atoms with Crippen LogP contribution in [0.1, 0.15) is 25.0 Å². The second-order valence-electron chi connectivity index (χ2n) is 5.02. The minimum absolute atomic E-state index is 0.0584. The van der Waals surface area contributed by atoms with E-state index in [1.165, 1.54) is 12.1 Å². The molecule has 0 saturated carbocycles. The zero-order chi connectivity index (χ0) is 16.0. The SMILES string of the molecule is CC(C)NCc1ccc(F)c(COCC(F)(F)C(F)F)c1. The maximum atomic E-state index is 13.5. The average molecular weight is 311 g/mol. The predicted octanol–water partition coefficient (Wildman–Crippen LogP) is 3.74. The molecule has 0 aromatic heterocycles. The lowest BCUT2D eigenvalue weighted by atomic mass is 10.1. The molecule has 1 rings (SSSR count). The fraction of sp³-hybridized carbons (Fsp3) is 0.571. The molecule has 1 N–H and O–H groups in total. The summed E-state index contributed by atoms with van der Waals surface area (Å²) in [6, 6.07) is 4.45. The summed E-state index contributed by atoms with van der Waals surface area (Å²) >= 11 is 0. The Balaban J connectivity index is 2.60. The van der Waals surface area contributed by atoms with Gasteiger partial charge in [0, 0.05) is 18.2 Å². The molecule has 0 aliphatic heterocycles. The minimum Gasteiger partial charge on any atom is -0.370 e. The molecule has 0 radical (unpaired) electrons. The van der Waals surface area contributed by atoms with E-state index < -0.39 is 31.4 Å². The van der Waals surface area contributed by atoms with Gasteiger partial charge in [-0.15, -0.1) is 0 Å². The number of ether oxygens (including phenoxy) is 1. The Morgan fingerprint density at radius 3 is 2.48 bits per heavy atom. The Labute approximate surface area is 120 Å². The van der Waals surface area contributed by atoms with Crippen LogP contribution in [-0.2, 0) is 17.9 Å². The maximum Gasteiger partial charge on any atom is 0.330 e. The standard InChI is InChI=1S/C14H18F5NO/c1-9(2)20-6-10-3-4-12(15)11(5-10)7-21-8-14(18,19)13(16)17/h3-5,9,13,20H,6-8H2,1-2H3. The summed E-state index contributed by atoms with van der Waals surface area (Å²) in [5.74, 6) is -4.85. The molecule has 0 bridgehead atoms. The van der Waals surface area contributed by atoms with E-state index in [1.807, 2.05) is 13.8 Å². The van der Waals surface area contributed by atoms with E-state index in [1.54, 1.807) is 6.07 Å². The highest BCUT2D eigenvalue weighted by molar-refractivity contribution is 5.24.